The molecule has 17 heavy (non-hydrogen) atoms. The number of ether oxygens (including phenoxy) is 1. The molecule has 0 aromatic heterocycles. The molecule has 0 radical (unpaired) electrons. The van der Waals surface area contributed by atoms with E-state index in [4.69, 9.17) is 5.73 Å². The summed E-state index contributed by atoms with van der Waals surface area (Å²) in [7, 11) is 1.05. The van der Waals surface area contributed by atoms with Gasteiger partial charge in [-0.3, -0.25) is 4.79 Å². The average Bonchev–Trinajstić information content (AvgIpc) is 2.25. The minimum absolute atomic E-state index is 0.290. The lowest BCUT2D eigenvalue weighted by molar-refractivity contribution is -0.142. The van der Waals surface area contributed by atoms with Crippen molar-refractivity contribution in [2.45, 2.75) is 12.2 Å². The largest absolute Gasteiger partial charge is 0.468 e. The van der Waals surface area contributed by atoms with Crippen LogP contribution in [-0.2, 0) is 15.7 Å². The second-order valence-electron chi connectivity index (χ2n) is 3.23. The summed E-state index contributed by atoms with van der Waals surface area (Å²) >= 11 is 0. The second-order valence-corrected chi connectivity index (χ2v) is 3.23. The van der Waals surface area contributed by atoms with Gasteiger partial charge in [-0.15, -0.1) is 0 Å². The molecule has 0 aliphatic heterocycles. The van der Waals surface area contributed by atoms with Gasteiger partial charge in [0.05, 0.1) is 12.7 Å². The smallest absolute Gasteiger partial charge is 0.416 e. The summed E-state index contributed by atoms with van der Waals surface area (Å²) in [5.41, 5.74) is 3.83. The number of hydrogen-bond donors (Lipinski definition) is 1. The van der Waals surface area contributed by atoms with Crippen molar-refractivity contribution in [3.63, 3.8) is 0 Å². The van der Waals surface area contributed by atoms with Crippen LogP contribution in [0.15, 0.2) is 18.2 Å². The van der Waals surface area contributed by atoms with E-state index in [0.29, 0.717) is 6.07 Å². The van der Waals surface area contributed by atoms with Crippen LogP contribution in [0.25, 0.3) is 0 Å². The molecule has 0 saturated carbocycles. The van der Waals surface area contributed by atoms with E-state index in [1.165, 1.54) is 0 Å². The van der Waals surface area contributed by atoms with Gasteiger partial charge in [0.2, 0.25) is 0 Å². The molecular weight excluding hydrogens is 242 g/mol. The van der Waals surface area contributed by atoms with Crippen LogP contribution >= 0.6 is 0 Å². The minimum Gasteiger partial charge on any atom is -0.468 e. The molecule has 0 aliphatic carbocycles. The van der Waals surface area contributed by atoms with Crippen molar-refractivity contribution in [1.82, 2.24) is 0 Å². The molecule has 1 atom stereocenters. The number of benzene rings is 1. The van der Waals surface area contributed by atoms with Crippen LogP contribution in [0.4, 0.5) is 17.6 Å². The molecule has 0 aliphatic rings. The Hall–Kier alpha value is -1.63. The number of hydrogen-bond acceptors (Lipinski definition) is 3. The van der Waals surface area contributed by atoms with E-state index in [-0.39, 0.29) is 11.6 Å². The lowest BCUT2D eigenvalue weighted by atomic mass is 10.0. The normalized spacial score (nSPS) is 13.3. The maximum Gasteiger partial charge on any atom is 0.416 e. The van der Waals surface area contributed by atoms with E-state index >= 15 is 0 Å². The van der Waals surface area contributed by atoms with Gasteiger partial charge in [-0.05, 0) is 12.1 Å². The first-order valence-electron chi connectivity index (χ1n) is 4.47. The van der Waals surface area contributed by atoms with E-state index in [1.54, 1.807) is 0 Å². The van der Waals surface area contributed by atoms with Crippen molar-refractivity contribution in [3.05, 3.63) is 35.1 Å². The molecular formula is C10H9F4NO2. The second kappa shape index (κ2) is 4.70. The van der Waals surface area contributed by atoms with E-state index < -0.39 is 29.6 Å². The zero-order valence-corrected chi connectivity index (χ0v) is 8.72. The Labute approximate surface area is 94.2 Å². The minimum atomic E-state index is -4.64. The number of rotatable bonds is 2. The molecule has 1 aromatic rings. The molecule has 7 heteroatoms. The van der Waals surface area contributed by atoms with E-state index in [0.717, 1.165) is 13.2 Å². The average molecular weight is 251 g/mol. The molecule has 0 spiro atoms. The van der Waals surface area contributed by atoms with Gasteiger partial charge in [-0.25, -0.2) is 4.39 Å². The van der Waals surface area contributed by atoms with Crippen LogP contribution in [-0.4, -0.2) is 13.1 Å². The highest BCUT2D eigenvalue weighted by atomic mass is 19.4. The standard InChI is InChI=1S/C10H9F4NO2/c1-17-9(16)8(15)6-3-2-5(4-7(6)11)10(12,13)14/h2-4,8H,15H2,1H3. The summed E-state index contributed by atoms with van der Waals surface area (Å²) in [6.45, 7) is 0. The number of esters is 1. The van der Waals surface area contributed by atoms with Gasteiger partial charge >= 0.3 is 12.1 Å². The summed E-state index contributed by atoms with van der Waals surface area (Å²) in [5.74, 6) is -2.12. The summed E-state index contributed by atoms with van der Waals surface area (Å²) in [6, 6.07) is 0.321. The first kappa shape index (κ1) is 13.4. The fraction of sp³-hybridized carbons (Fsp3) is 0.300. The molecule has 0 amide bonds. The third kappa shape index (κ3) is 2.94. The van der Waals surface area contributed by atoms with Gasteiger partial charge in [-0.1, -0.05) is 6.07 Å². The van der Waals surface area contributed by atoms with Crippen molar-refractivity contribution in [2.24, 2.45) is 5.73 Å². The fourth-order valence-electron chi connectivity index (χ4n) is 1.21. The highest BCUT2D eigenvalue weighted by molar-refractivity contribution is 5.77. The number of methoxy groups -OCH3 is 1. The first-order chi connectivity index (χ1) is 7.77. The lowest BCUT2D eigenvalue weighted by Gasteiger charge is -2.12. The fourth-order valence-corrected chi connectivity index (χ4v) is 1.21. The summed E-state index contributed by atoms with van der Waals surface area (Å²) < 4.78 is 54.3. The van der Waals surface area contributed by atoms with Crippen molar-refractivity contribution in [3.8, 4) is 0 Å². The molecule has 2 N–H and O–H groups in total. The molecule has 3 nitrogen and oxygen atoms in total. The molecule has 94 valence electrons. The highest BCUT2D eigenvalue weighted by Crippen LogP contribution is 2.31. The summed E-state index contributed by atoms with van der Waals surface area (Å²) in [6.07, 6.45) is -4.64. The monoisotopic (exact) mass is 251 g/mol. The van der Waals surface area contributed by atoms with Crippen molar-refractivity contribution in [2.75, 3.05) is 7.11 Å². The molecule has 0 saturated heterocycles. The molecule has 1 unspecified atom stereocenters. The molecule has 0 heterocycles. The molecule has 1 aromatic carbocycles. The zero-order chi connectivity index (χ0) is 13.2. The predicted octanol–water partition coefficient (Wildman–Crippen LogP) is 2.02. The Kier molecular flexibility index (Phi) is 3.72. The van der Waals surface area contributed by atoms with E-state index in [1.807, 2.05) is 0 Å². The zero-order valence-electron chi connectivity index (χ0n) is 8.72. The van der Waals surface area contributed by atoms with Gasteiger partial charge in [-0.2, -0.15) is 13.2 Å². The van der Waals surface area contributed by atoms with Crippen molar-refractivity contribution in [1.29, 1.82) is 0 Å². The van der Waals surface area contributed by atoms with Crippen LogP contribution in [0.2, 0.25) is 0 Å². The number of nitrogens with two attached hydrogens (primary N) is 1. The van der Waals surface area contributed by atoms with Gasteiger partial charge in [0.25, 0.3) is 0 Å². The van der Waals surface area contributed by atoms with Gasteiger partial charge < -0.3 is 10.5 Å². The van der Waals surface area contributed by atoms with Gasteiger partial charge in [0.15, 0.2) is 0 Å². The summed E-state index contributed by atoms with van der Waals surface area (Å²) in [4.78, 5) is 11.0. The Morgan fingerprint density at radius 1 is 1.41 bits per heavy atom. The topological polar surface area (TPSA) is 52.3 Å². The maximum atomic E-state index is 13.3. The van der Waals surface area contributed by atoms with Crippen LogP contribution < -0.4 is 5.73 Å². The van der Waals surface area contributed by atoms with Gasteiger partial charge in [0, 0.05) is 5.56 Å². The molecule has 1 rings (SSSR count). The Morgan fingerprint density at radius 3 is 2.41 bits per heavy atom. The van der Waals surface area contributed by atoms with Crippen LogP contribution in [0.5, 0.6) is 0 Å². The third-order valence-electron chi connectivity index (χ3n) is 2.12. The van der Waals surface area contributed by atoms with Crippen LogP contribution in [0.3, 0.4) is 0 Å². The quantitative estimate of drug-likeness (QED) is 0.646. The van der Waals surface area contributed by atoms with Gasteiger partial charge in [0.1, 0.15) is 11.9 Å². The molecule has 0 fully saturated rings. The summed E-state index contributed by atoms with van der Waals surface area (Å²) in [5, 5.41) is 0. The number of carbonyl (C=O) groups excluding carboxylic acids is 1. The van der Waals surface area contributed by atoms with E-state index in [9.17, 15) is 22.4 Å². The molecule has 0 bridgehead atoms. The first-order valence-corrected chi connectivity index (χ1v) is 4.47. The maximum absolute atomic E-state index is 13.3. The Morgan fingerprint density at radius 2 is 2.00 bits per heavy atom. The van der Waals surface area contributed by atoms with E-state index in [2.05, 4.69) is 4.74 Å². The number of alkyl halides is 3. The third-order valence-corrected chi connectivity index (χ3v) is 2.12. The predicted molar refractivity (Wildman–Crippen MR) is 50.3 cm³/mol. The Balaban J connectivity index is 3.10. The number of halogens is 4. The Bertz CT molecular complexity index is 431. The number of carbonyl (C=O) groups is 1. The van der Waals surface area contributed by atoms with Crippen LogP contribution in [0.1, 0.15) is 17.2 Å². The van der Waals surface area contributed by atoms with Crippen molar-refractivity contribution < 1.29 is 27.1 Å². The highest BCUT2D eigenvalue weighted by Gasteiger charge is 2.32. The SMILES string of the molecule is COC(=O)C(N)c1ccc(C(F)(F)F)cc1F. The van der Waals surface area contributed by atoms with Crippen LogP contribution in [0, 0.1) is 5.82 Å². The van der Waals surface area contributed by atoms with Crippen molar-refractivity contribution >= 4 is 5.97 Å². The lowest BCUT2D eigenvalue weighted by Crippen LogP contribution is -2.24.